The van der Waals surface area contributed by atoms with Gasteiger partial charge in [0.15, 0.2) is 0 Å². The highest BCUT2D eigenvalue weighted by molar-refractivity contribution is 7.89. The summed E-state index contributed by atoms with van der Waals surface area (Å²) in [7, 11) is -0.230. The van der Waals surface area contributed by atoms with E-state index in [-0.39, 0.29) is 11.4 Å². The lowest BCUT2D eigenvalue weighted by atomic mass is 10.1. The number of rotatable bonds is 5. The lowest BCUT2D eigenvalue weighted by Gasteiger charge is -2.17. The fourth-order valence-electron chi connectivity index (χ4n) is 2.53. The summed E-state index contributed by atoms with van der Waals surface area (Å²) < 4.78 is 33.2. The highest BCUT2D eigenvalue weighted by Crippen LogP contribution is 2.26. The van der Waals surface area contributed by atoms with Crippen LogP contribution in [0.1, 0.15) is 11.3 Å². The standard InChI is InChI=1S/C16H18N4O3S/c1-12-10-14(4-5-15(12)16-6-8-17-20(16)3)24(21,22)19(2)11-13-7-9-23-18-13/h4-10H,11H2,1-3H3. The minimum Gasteiger partial charge on any atom is -0.364 e. The van der Waals surface area contributed by atoms with E-state index in [1.54, 1.807) is 29.1 Å². The van der Waals surface area contributed by atoms with Gasteiger partial charge in [-0.25, -0.2) is 8.42 Å². The summed E-state index contributed by atoms with van der Waals surface area (Å²) in [5, 5.41) is 7.90. The monoisotopic (exact) mass is 346 g/mol. The Kier molecular flexibility index (Phi) is 4.25. The van der Waals surface area contributed by atoms with Crippen molar-refractivity contribution in [2.45, 2.75) is 18.4 Å². The zero-order valence-corrected chi connectivity index (χ0v) is 14.5. The van der Waals surface area contributed by atoms with Gasteiger partial charge < -0.3 is 4.52 Å². The minimum absolute atomic E-state index is 0.154. The van der Waals surface area contributed by atoms with E-state index in [1.807, 2.05) is 26.1 Å². The number of hydrogen-bond donors (Lipinski definition) is 0. The maximum absolute atomic E-state index is 12.7. The lowest BCUT2D eigenvalue weighted by Crippen LogP contribution is -2.26. The second-order valence-electron chi connectivity index (χ2n) is 5.57. The van der Waals surface area contributed by atoms with Crippen molar-refractivity contribution < 1.29 is 12.9 Å². The quantitative estimate of drug-likeness (QED) is 0.707. The normalized spacial score (nSPS) is 12.0. The summed E-state index contributed by atoms with van der Waals surface area (Å²) in [4.78, 5) is 0.247. The first-order valence-electron chi connectivity index (χ1n) is 7.34. The van der Waals surface area contributed by atoms with Crippen LogP contribution >= 0.6 is 0 Å². The first kappa shape index (κ1) is 16.4. The molecule has 3 aromatic rings. The highest BCUT2D eigenvalue weighted by Gasteiger charge is 2.22. The van der Waals surface area contributed by atoms with E-state index in [1.165, 1.54) is 17.6 Å². The van der Waals surface area contributed by atoms with Crippen molar-refractivity contribution in [3.63, 3.8) is 0 Å². The molecule has 0 fully saturated rings. The van der Waals surface area contributed by atoms with Crippen LogP contribution in [0.2, 0.25) is 0 Å². The van der Waals surface area contributed by atoms with Crippen LogP contribution in [-0.2, 0) is 23.6 Å². The van der Waals surface area contributed by atoms with Crippen LogP contribution in [0, 0.1) is 6.92 Å². The molecule has 3 rings (SSSR count). The molecular weight excluding hydrogens is 328 g/mol. The van der Waals surface area contributed by atoms with Gasteiger partial charge >= 0.3 is 0 Å². The topological polar surface area (TPSA) is 81.2 Å². The molecule has 1 aromatic carbocycles. The van der Waals surface area contributed by atoms with Gasteiger partial charge in [0.2, 0.25) is 10.0 Å². The van der Waals surface area contributed by atoms with Crippen molar-refractivity contribution in [2.75, 3.05) is 7.05 Å². The van der Waals surface area contributed by atoms with E-state index >= 15 is 0 Å². The number of nitrogens with zero attached hydrogens (tertiary/aromatic N) is 4. The Labute approximate surface area is 140 Å². The van der Waals surface area contributed by atoms with Crippen molar-refractivity contribution in [2.24, 2.45) is 7.05 Å². The molecule has 0 saturated heterocycles. The second-order valence-corrected chi connectivity index (χ2v) is 7.61. The number of hydrogen-bond acceptors (Lipinski definition) is 5. The van der Waals surface area contributed by atoms with Crippen LogP contribution in [0.15, 0.2) is 52.2 Å². The van der Waals surface area contributed by atoms with Crippen LogP contribution in [0.25, 0.3) is 11.3 Å². The van der Waals surface area contributed by atoms with Gasteiger partial charge in [-0.15, -0.1) is 0 Å². The Morgan fingerprint density at radius 1 is 1.25 bits per heavy atom. The summed E-state index contributed by atoms with van der Waals surface area (Å²) >= 11 is 0. The maximum atomic E-state index is 12.7. The molecule has 0 aliphatic heterocycles. The Morgan fingerprint density at radius 3 is 2.62 bits per heavy atom. The molecular formula is C16H18N4O3S. The summed E-state index contributed by atoms with van der Waals surface area (Å²) in [6.07, 6.45) is 3.13. The van der Waals surface area contributed by atoms with Crippen molar-refractivity contribution in [1.82, 2.24) is 19.2 Å². The Balaban J connectivity index is 1.91. The van der Waals surface area contributed by atoms with E-state index in [2.05, 4.69) is 10.3 Å². The van der Waals surface area contributed by atoms with Gasteiger partial charge in [0.05, 0.1) is 22.8 Å². The number of sulfonamides is 1. The van der Waals surface area contributed by atoms with E-state index in [0.717, 1.165) is 16.8 Å². The van der Waals surface area contributed by atoms with Crippen molar-refractivity contribution in [1.29, 1.82) is 0 Å². The number of aryl methyl sites for hydroxylation is 2. The average Bonchev–Trinajstić information content (AvgIpc) is 3.19. The van der Waals surface area contributed by atoms with Gasteiger partial charge in [-0.3, -0.25) is 4.68 Å². The van der Waals surface area contributed by atoms with Gasteiger partial charge in [0.25, 0.3) is 0 Å². The predicted octanol–water partition coefficient (Wildman–Crippen LogP) is 2.20. The summed E-state index contributed by atoms with van der Waals surface area (Å²) in [6, 6.07) is 8.64. The zero-order chi connectivity index (χ0) is 17.3. The molecule has 2 heterocycles. The van der Waals surface area contributed by atoms with Crippen molar-refractivity contribution in [3.8, 4) is 11.3 Å². The molecule has 0 amide bonds. The largest absolute Gasteiger partial charge is 0.364 e. The van der Waals surface area contributed by atoms with Crippen LogP contribution < -0.4 is 0 Å². The SMILES string of the molecule is Cc1cc(S(=O)(=O)N(C)Cc2ccon2)ccc1-c1ccnn1C. The van der Waals surface area contributed by atoms with Gasteiger partial charge in [-0.2, -0.15) is 9.40 Å². The summed E-state index contributed by atoms with van der Waals surface area (Å²) in [5.41, 5.74) is 3.32. The van der Waals surface area contributed by atoms with Crippen LogP contribution in [0.5, 0.6) is 0 Å². The van der Waals surface area contributed by atoms with E-state index in [0.29, 0.717) is 5.69 Å². The molecule has 0 unspecified atom stereocenters. The van der Waals surface area contributed by atoms with E-state index < -0.39 is 10.0 Å². The Bertz CT molecular complexity index is 946. The summed E-state index contributed by atoms with van der Waals surface area (Å²) in [6.45, 7) is 2.04. The molecule has 0 saturated carbocycles. The second kappa shape index (κ2) is 6.21. The third-order valence-electron chi connectivity index (χ3n) is 3.88. The van der Waals surface area contributed by atoms with E-state index in [4.69, 9.17) is 4.52 Å². The lowest BCUT2D eigenvalue weighted by molar-refractivity contribution is 0.394. The highest BCUT2D eigenvalue weighted by atomic mass is 32.2. The van der Waals surface area contributed by atoms with Crippen LogP contribution in [0.4, 0.5) is 0 Å². The molecule has 126 valence electrons. The number of aromatic nitrogens is 3. The Hall–Kier alpha value is -2.45. The van der Waals surface area contributed by atoms with Gasteiger partial charge in [0, 0.05) is 31.9 Å². The molecule has 0 bridgehead atoms. The molecule has 7 nitrogen and oxygen atoms in total. The summed E-state index contributed by atoms with van der Waals surface area (Å²) in [5.74, 6) is 0. The number of benzene rings is 1. The Morgan fingerprint density at radius 2 is 2.04 bits per heavy atom. The zero-order valence-electron chi connectivity index (χ0n) is 13.7. The van der Waals surface area contributed by atoms with Crippen LogP contribution in [-0.4, -0.2) is 34.7 Å². The molecule has 8 heteroatoms. The average molecular weight is 346 g/mol. The fraction of sp³-hybridized carbons (Fsp3) is 0.250. The smallest absolute Gasteiger partial charge is 0.243 e. The van der Waals surface area contributed by atoms with E-state index in [9.17, 15) is 8.42 Å². The molecule has 0 aliphatic carbocycles. The molecule has 2 aromatic heterocycles. The maximum Gasteiger partial charge on any atom is 0.243 e. The predicted molar refractivity (Wildman–Crippen MR) is 88.5 cm³/mol. The molecule has 24 heavy (non-hydrogen) atoms. The van der Waals surface area contributed by atoms with Crippen LogP contribution in [0.3, 0.4) is 0 Å². The van der Waals surface area contributed by atoms with Gasteiger partial charge in [-0.05, 0) is 30.7 Å². The first-order chi connectivity index (χ1) is 11.4. The first-order valence-corrected chi connectivity index (χ1v) is 8.78. The van der Waals surface area contributed by atoms with Gasteiger partial charge in [0.1, 0.15) is 6.26 Å². The minimum atomic E-state index is -3.60. The van der Waals surface area contributed by atoms with Crippen molar-refractivity contribution in [3.05, 3.63) is 54.0 Å². The van der Waals surface area contributed by atoms with Gasteiger partial charge in [-0.1, -0.05) is 11.2 Å². The fourth-order valence-corrected chi connectivity index (χ4v) is 3.76. The molecule has 0 atom stereocenters. The molecule has 0 aliphatic rings. The molecule has 0 radical (unpaired) electrons. The third-order valence-corrected chi connectivity index (χ3v) is 5.68. The van der Waals surface area contributed by atoms with Crippen molar-refractivity contribution >= 4 is 10.0 Å². The molecule has 0 N–H and O–H groups in total. The third kappa shape index (κ3) is 2.98. The molecule has 0 spiro atoms.